The number of oxime groups is 1. The van der Waals surface area contributed by atoms with E-state index in [-0.39, 0.29) is 5.97 Å². The molecular weight excluding hydrogens is 408 g/mol. The lowest BCUT2D eigenvalue weighted by atomic mass is 9.95. The molecule has 0 saturated heterocycles. The normalized spacial score (nSPS) is 12.3. The molecule has 32 heavy (non-hydrogen) atoms. The van der Waals surface area contributed by atoms with Gasteiger partial charge in [-0.1, -0.05) is 35.5 Å². The van der Waals surface area contributed by atoms with Crippen LogP contribution in [0.5, 0.6) is 5.75 Å². The molecule has 0 aliphatic rings. The number of benzene rings is 2. The minimum absolute atomic E-state index is 0.298. The van der Waals surface area contributed by atoms with E-state index in [9.17, 15) is 4.79 Å². The summed E-state index contributed by atoms with van der Waals surface area (Å²) >= 11 is 0. The van der Waals surface area contributed by atoms with Crippen molar-refractivity contribution in [2.45, 2.75) is 33.8 Å². The van der Waals surface area contributed by atoms with Gasteiger partial charge in [-0.25, -0.2) is 4.98 Å². The molecule has 0 bridgehead atoms. The Balaban J connectivity index is 1.63. The van der Waals surface area contributed by atoms with Crippen LogP contribution < -0.4 is 4.74 Å². The SMILES string of the molecule is CCO/N=C(\C)C(Cc1ccc(OCc2nc(-c3ccccc3)oc2C)cc1)C(=O)OC. The van der Waals surface area contributed by atoms with E-state index in [2.05, 4.69) is 10.1 Å². The highest BCUT2D eigenvalue weighted by Gasteiger charge is 2.23. The van der Waals surface area contributed by atoms with Crippen LogP contribution in [0, 0.1) is 12.8 Å². The lowest BCUT2D eigenvalue weighted by Gasteiger charge is -2.14. The van der Waals surface area contributed by atoms with Gasteiger partial charge in [0.05, 0.1) is 12.8 Å². The third-order valence-corrected chi connectivity index (χ3v) is 4.98. The molecule has 1 heterocycles. The number of carbonyl (C=O) groups excluding carboxylic acids is 1. The summed E-state index contributed by atoms with van der Waals surface area (Å²) in [6.07, 6.45) is 0.457. The predicted molar refractivity (Wildman–Crippen MR) is 121 cm³/mol. The summed E-state index contributed by atoms with van der Waals surface area (Å²) < 4.78 is 16.6. The molecule has 3 rings (SSSR count). The van der Waals surface area contributed by atoms with Gasteiger partial charge in [0.1, 0.15) is 36.3 Å². The molecule has 0 aliphatic heterocycles. The van der Waals surface area contributed by atoms with Crippen molar-refractivity contribution in [3.05, 3.63) is 71.6 Å². The van der Waals surface area contributed by atoms with Crippen molar-refractivity contribution in [1.29, 1.82) is 0 Å². The van der Waals surface area contributed by atoms with Crippen molar-refractivity contribution in [3.63, 3.8) is 0 Å². The first kappa shape index (κ1) is 23.1. The first-order valence-electron chi connectivity index (χ1n) is 10.5. The van der Waals surface area contributed by atoms with Gasteiger partial charge >= 0.3 is 5.97 Å². The van der Waals surface area contributed by atoms with E-state index in [0.717, 1.165) is 22.6 Å². The maximum atomic E-state index is 12.2. The average Bonchev–Trinajstić information content (AvgIpc) is 3.21. The fraction of sp³-hybridized carbons (Fsp3) is 0.320. The molecular formula is C25H28N2O5. The molecule has 1 unspecified atom stereocenters. The van der Waals surface area contributed by atoms with Gasteiger partial charge in [0.25, 0.3) is 0 Å². The van der Waals surface area contributed by atoms with E-state index >= 15 is 0 Å². The first-order valence-corrected chi connectivity index (χ1v) is 10.5. The highest BCUT2D eigenvalue weighted by atomic mass is 16.6. The summed E-state index contributed by atoms with van der Waals surface area (Å²) in [6.45, 7) is 6.21. The molecule has 7 nitrogen and oxygen atoms in total. The smallest absolute Gasteiger partial charge is 0.314 e. The Morgan fingerprint density at radius 2 is 1.84 bits per heavy atom. The number of carbonyl (C=O) groups is 1. The van der Waals surface area contributed by atoms with Crippen molar-refractivity contribution in [2.75, 3.05) is 13.7 Å². The van der Waals surface area contributed by atoms with E-state index in [1.807, 2.05) is 68.4 Å². The zero-order chi connectivity index (χ0) is 22.9. The number of hydrogen-bond donors (Lipinski definition) is 0. The zero-order valence-corrected chi connectivity index (χ0v) is 18.8. The van der Waals surface area contributed by atoms with Gasteiger partial charge in [-0.15, -0.1) is 0 Å². The van der Waals surface area contributed by atoms with Crippen LogP contribution in [0.15, 0.2) is 64.2 Å². The Kier molecular flexibility index (Phi) is 8.02. The first-order chi connectivity index (χ1) is 15.5. The van der Waals surface area contributed by atoms with Crippen molar-refractivity contribution >= 4 is 11.7 Å². The van der Waals surface area contributed by atoms with E-state index in [0.29, 0.717) is 37.0 Å². The van der Waals surface area contributed by atoms with Crippen LogP contribution in [0.2, 0.25) is 0 Å². The largest absolute Gasteiger partial charge is 0.487 e. The van der Waals surface area contributed by atoms with Crippen molar-refractivity contribution in [3.8, 4) is 17.2 Å². The average molecular weight is 437 g/mol. The molecule has 1 aromatic heterocycles. The zero-order valence-electron chi connectivity index (χ0n) is 18.8. The third kappa shape index (κ3) is 5.97. The molecule has 0 saturated carbocycles. The van der Waals surface area contributed by atoms with E-state index < -0.39 is 5.92 Å². The third-order valence-electron chi connectivity index (χ3n) is 4.98. The number of nitrogens with zero attached hydrogens (tertiary/aromatic N) is 2. The standard InChI is InChI=1S/C25H28N2O5/c1-5-31-27-17(2)22(25(28)29-4)15-19-11-13-21(14-12-19)30-16-23-18(3)32-24(26-23)20-9-7-6-8-10-20/h6-14,22H,5,15-16H2,1-4H3/b27-17+. The fourth-order valence-corrected chi connectivity index (χ4v) is 3.15. The van der Waals surface area contributed by atoms with E-state index in [4.69, 9.17) is 18.7 Å². The summed E-state index contributed by atoms with van der Waals surface area (Å²) in [4.78, 5) is 21.8. The Labute approximate surface area is 188 Å². The summed E-state index contributed by atoms with van der Waals surface area (Å²) in [5.74, 6) is 1.15. The topological polar surface area (TPSA) is 83.2 Å². The minimum Gasteiger partial charge on any atom is -0.487 e. The Morgan fingerprint density at radius 3 is 2.50 bits per heavy atom. The maximum absolute atomic E-state index is 12.2. The van der Waals surface area contributed by atoms with Gasteiger partial charge in [0.15, 0.2) is 0 Å². The molecule has 168 valence electrons. The summed E-state index contributed by atoms with van der Waals surface area (Å²) in [6, 6.07) is 17.3. The number of oxazole rings is 1. The summed E-state index contributed by atoms with van der Waals surface area (Å²) in [5, 5.41) is 4.00. The van der Waals surface area contributed by atoms with Gasteiger partial charge in [-0.05, 0) is 57.0 Å². The second-order valence-electron chi connectivity index (χ2n) is 7.25. The number of esters is 1. The van der Waals surface area contributed by atoms with Gasteiger partial charge in [-0.2, -0.15) is 0 Å². The van der Waals surface area contributed by atoms with Crippen molar-refractivity contribution in [2.24, 2.45) is 11.1 Å². The fourth-order valence-electron chi connectivity index (χ4n) is 3.15. The van der Waals surface area contributed by atoms with Crippen LogP contribution >= 0.6 is 0 Å². The quantitative estimate of drug-likeness (QED) is 0.253. The van der Waals surface area contributed by atoms with Crippen LogP contribution in [-0.4, -0.2) is 30.4 Å². The van der Waals surface area contributed by atoms with Gasteiger partial charge in [0, 0.05) is 5.56 Å². The number of rotatable bonds is 10. The molecule has 1 atom stereocenters. The highest BCUT2D eigenvalue weighted by molar-refractivity contribution is 6.00. The Bertz CT molecular complexity index is 1040. The molecule has 7 heteroatoms. The second-order valence-corrected chi connectivity index (χ2v) is 7.25. The van der Waals surface area contributed by atoms with E-state index in [1.54, 1.807) is 6.92 Å². The summed E-state index contributed by atoms with van der Waals surface area (Å²) in [5.41, 5.74) is 3.22. The van der Waals surface area contributed by atoms with E-state index in [1.165, 1.54) is 7.11 Å². The number of aromatic nitrogens is 1. The molecule has 0 aliphatic carbocycles. The molecule has 0 spiro atoms. The number of aryl methyl sites for hydroxylation is 1. The molecule has 2 aromatic carbocycles. The molecule has 0 radical (unpaired) electrons. The number of hydrogen-bond acceptors (Lipinski definition) is 7. The lowest BCUT2D eigenvalue weighted by Crippen LogP contribution is -2.26. The van der Waals surface area contributed by atoms with Crippen LogP contribution in [0.1, 0.15) is 30.9 Å². The van der Waals surface area contributed by atoms with Gasteiger partial charge < -0.3 is 18.7 Å². The van der Waals surface area contributed by atoms with Crippen LogP contribution in [0.25, 0.3) is 11.5 Å². The number of ether oxygens (including phenoxy) is 2. The van der Waals surface area contributed by atoms with Gasteiger partial charge in [0.2, 0.25) is 5.89 Å². The van der Waals surface area contributed by atoms with Crippen molar-refractivity contribution in [1.82, 2.24) is 4.98 Å². The van der Waals surface area contributed by atoms with Crippen LogP contribution in [-0.2, 0) is 27.4 Å². The molecule has 0 fully saturated rings. The Morgan fingerprint density at radius 1 is 1.12 bits per heavy atom. The van der Waals surface area contributed by atoms with Crippen LogP contribution in [0.3, 0.4) is 0 Å². The molecule has 3 aromatic rings. The maximum Gasteiger partial charge on any atom is 0.314 e. The highest BCUT2D eigenvalue weighted by Crippen LogP contribution is 2.23. The summed E-state index contributed by atoms with van der Waals surface area (Å²) in [7, 11) is 1.37. The Hall–Kier alpha value is -3.61. The predicted octanol–water partition coefficient (Wildman–Crippen LogP) is 4.97. The monoisotopic (exact) mass is 436 g/mol. The lowest BCUT2D eigenvalue weighted by molar-refractivity contribution is -0.143. The second kappa shape index (κ2) is 11.1. The van der Waals surface area contributed by atoms with Crippen LogP contribution in [0.4, 0.5) is 0 Å². The molecule has 0 N–H and O–H groups in total. The molecule has 0 amide bonds. The minimum atomic E-state index is -0.507. The van der Waals surface area contributed by atoms with Crippen molar-refractivity contribution < 1.29 is 23.5 Å². The number of methoxy groups -OCH3 is 1. The van der Waals surface area contributed by atoms with Gasteiger partial charge in [-0.3, -0.25) is 4.79 Å².